The summed E-state index contributed by atoms with van der Waals surface area (Å²) in [6.07, 6.45) is 2.23. The van der Waals surface area contributed by atoms with Crippen LogP contribution in [0.3, 0.4) is 0 Å². The Balaban J connectivity index is 1.63. The van der Waals surface area contributed by atoms with Crippen molar-refractivity contribution in [3.05, 3.63) is 46.0 Å². The molecule has 4 rings (SSSR count). The van der Waals surface area contributed by atoms with Crippen LogP contribution in [0.4, 0.5) is 4.39 Å². The van der Waals surface area contributed by atoms with E-state index in [0.717, 1.165) is 49.1 Å². The van der Waals surface area contributed by atoms with Crippen LogP contribution < -0.4 is 11.3 Å². The zero-order valence-electron chi connectivity index (χ0n) is 13.2. The lowest BCUT2D eigenvalue weighted by molar-refractivity contribution is 0.291. The summed E-state index contributed by atoms with van der Waals surface area (Å²) >= 11 is 0. The predicted molar refractivity (Wildman–Crippen MR) is 89.1 cm³/mol. The zero-order valence-corrected chi connectivity index (χ0v) is 13.2. The van der Waals surface area contributed by atoms with Gasteiger partial charge in [-0.3, -0.25) is 4.79 Å². The van der Waals surface area contributed by atoms with Gasteiger partial charge in [0.25, 0.3) is 5.56 Å². The molecule has 5 heteroatoms. The summed E-state index contributed by atoms with van der Waals surface area (Å²) in [6.45, 7) is 4.22. The monoisotopic (exact) mass is 315 g/mol. The van der Waals surface area contributed by atoms with Gasteiger partial charge in [-0.2, -0.15) is 0 Å². The third-order valence-electron chi connectivity index (χ3n) is 5.37. The Morgan fingerprint density at radius 1 is 1.22 bits per heavy atom. The molecule has 0 aliphatic carbocycles. The van der Waals surface area contributed by atoms with Gasteiger partial charge in [-0.15, -0.1) is 0 Å². The molecule has 0 spiro atoms. The molecule has 0 saturated carbocycles. The lowest BCUT2D eigenvalue weighted by Gasteiger charge is -2.21. The van der Waals surface area contributed by atoms with Crippen molar-refractivity contribution in [1.82, 2.24) is 9.47 Å². The van der Waals surface area contributed by atoms with Gasteiger partial charge in [0, 0.05) is 37.2 Å². The minimum Gasteiger partial charge on any atom is -0.330 e. The van der Waals surface area contributed by atoms with Crippen molar-refractivity contribution in [3.63, 3.8) is 0 Å². The van der Waals surface area contributed by atoms with Gasteiger partial charge in [-0.05, 0) is 55.4 Å². The van der Waals surface area contributed by atoms with Crippen LogP contribution in [0.1, 0.15) is 24.3 Å². The number of hydrogen-bond donors (Lipinski definition) is 1. The van der Waals surface area contributed by atoms with E-state index in [4.69, 9.17) is 5.73 Å². The molecule has 2 aromatic rings. The molecule has 3 heterocycles. The molecule has 23 heavy (non-hydrogen) atoms. The lowest BCUT2D eigenvalue weighted by atomic mass is 9.98. The molecule has 122 valence electrons. The maximum atomic E-state index is 14.5. The molecule has 2 unspecified atom stereocenters. The highest BCUT2D eigenvalue weighted by Crippen LogP contribution is 2.36. The SMILES string of the molecule is NCCC1CCN(CC2Cn3c(=O)ccc4ccc(F)c2c43)C1. The molecule has 2 atom stereocenters. The van der Waals surface area contributed by atoms with Crippen LogP contribution in [0, 0.1) is 11.7 Å². The van der Waals surface area contributed by atoms with Gasteiger partial charge >= 0.3 is 0 Å². The first-order chi connectivity index (χ1) is 11.2. The van der Waals surface area contributed by atoms with Crippen LogP contribution >= 0.6 is 0 Å². The quantitative estimate of drug-likeness (QED) is 0.938. The number of rotatable bonds is 4. The number of aromatic nitrogens is 1. The minimum absolute atomic E-state index is 0.0331. The third kappa shape index (κ3) is 2.48. The first kappa shape index (κ1) is 14.8. The van der Waals surface area contributed by atoms with Crippen LogP contribution in [0.5, 0.6) is 0 Å². The topological polar surface area (TPSA) is 51.3 Å². The summed E-state index contributed by atoms with van der Waals surface area (Å²) in [5.74, 6) is 0.537. The fourth-order valence-corrected chi connectivity index (χ4v) is 4.29. The molecule has 1 aromatic carbocycles. The van der Waals surface area contributed by atoms with Gasteiger partial charge in [0.05, 0.1) is 5.52 Å². The van der Waals surface area contributed by atoms with Crippen LogP contribution in [0.25, 0.3) is 10.9 Å². The second-order valence-corrected chi connectivity index (χ2v) is 6.87. The standard InChI is InChI=1S/C18H22FN3O/c19-15-3-1-13-2-4-16(23)22-11-14(17(15)18(13)22)10-21-8-6-12(9-21)5-7-20/h1-4,12,14H,5-11,20H2. The summed E-state index contributed by atoms with van der Waals surface area (Å²) < 4.78 is 16.2. The number of halogens is 1. The third-order valence-corrected chi connectivity index (χ3v) is 5.37. The Bertz CT molecular complexity index is 801. The number of nitrogens with zero attached hydrogens (tertiary/aromatic N) is 2. The Morgan fingerprint density at radius 3 is 2.87 bits per heavy atom. The molecule has 0 bridgehead atoms. The normalized spacial score (nSPS) is 23.9. The maximum Gasteiger partial charge on any atom is 0.251 e. The van der Waals surface area contributed by atoms with Gasteiger partial charge in [-0.1, -0.05) is 0 Å². The highest BCUT2D eigenvalue weighted by Gasteiger charge is 2.32. The van der Waals surface area contributed by atoms with E-state index in [0.29, 0.717) is 12.5 Å². The smallest absolute Gasteiger partial charge is 0.251 e. The van der Waals surface area contributed by atoms with E-state index >= 15 is 0 Å². The van der Waals surface area contributed by atoms with E-state index in [1.165, 1.54) is 12.5 Å². The van der Waals surface area contributed by atoms with Gasteiger partial charge in [0.1, 0.15) is 5.82 Å². The highest BCUT2D eigenvalue weighted by atomic mass is 19.1. The fourth-order valence-electron chi connectivity index (χ4n) is 4.29. The Labute approximate surface area is 134 Å². The first-order valence-corrected chi connectivity index (χ1v) is 8.41. The zero-order chi connectivity index (χ0) is 16.0. The number of benzene rings is 1. The minimum atomic E-state index is -0.183. The second-order valence-electron chi connectivity index (χ2n) is 6.87. The van der Waals surface area contributed by atoms with Crippen LogP contribution in [0.15, 0.2) is 29.1 Å². The van der Waals surface area contributed by atoms with Crippen molar-refractivity contribution >= 4 is 10.9 Å². The van der Waals surface area contributed by atoms with Crippen molar-refractivity contribution < 1.29 is 4.39 Å². The Kier molecular flexibility index (Phi) is 3.70. The summed E-state index contributed by atoms with van der Waals surface area (Å²) in [5, 5.41) is 0.950. The number of pyridine rings is 1. The van der Waals surface area contributed by atoms with E-state index in [1.807, 2.05) is 0 Å². The summed E-state index contributed by atoms with van der Waals surface area (Å²) in [7, 11) is 0. The molecule has 1 fully saturated rings. The van der Waals surface area contributed by atoms with Crippen molar-refractivity contribution in [1.29, 1.82) is 0 Å². The average Bonchev–Trinajstić information content (AvgIpc) is 3.13. The van der Waals surface area contributed by atoms with Crippen molar-refractivity contribution in [2.24, 2.45) is 11.7 Å². The van der Waals surface area contributed by atoms with Gasteiger partial charge in [0.2, 0.25) is 0 Å². The average molecular weight is 315 g/mol. The predicted octanol–water partition coefficient (Wildman–Crippen LogP) is 1.91. The van der Waals surface area contributed by atoms with Gasteiger partial charge in [-0.25, -0.2) is 4.39 Å². The molecule has 4 nitrogen and oxygen atoms in total. The summed E-state index contributed by atoms with van der Waals surface area (Å²) in [6, 6.07) is 6.68. The molecular formula is C18H22FN3O. The maximum absolute atomic E-state index is 14.5. The molecule has 0 amide bonds. The Hall–Kier alpha value is -1.72. The van der Waals surface area contributed by atoms with E-state index in [1.54, 1.807) is 22.8 Å². The lowest BCUT2D eigenvalue weighted by Crippen LogP contribution is -2.28. The molecule has 2 aliphatic heterocycles. The molecule has 0 radical (unpaired) electrons. The van der Waals surface area contributed by atoms with E-state index in [-0.39, 0.29) is 17.3 Å². The summed E-state index contributed by atoms with van der Waals surface area (Å²) in [5.41, 5.74) is 7.14. The van der Waals surface area contributed by atoms with Crippen molar-refractivity contribution in [2.75, 3.05) is 26.2 Å². The molecule has 1 aromatic heterocycles. The largest absolute Gasteiger partial charge is 0.330 e. The van der Waals surface area contributed by atoms with Gasteiger partial charge in [0.15, 0.2) is 0 Å². The van der Waals surface area contributed by atoms with Crippen LogP contribution in [-0.4, -0.2) is 35.6 Å². The van der Waals surface area contributed by atoms with Gasteiger partial charge < -0.3 is 15.2 Å². The van der Waals surface area contributed by atoms with Crippen LogP contribution in [-0.2, 0) is 6.54 Å². The van der Waals surface area contributed by atoms with Crippen molar-refractivity contribution in [2.45, 2.75) is 25.3 Å². The second kappa shape index (κ2) is 5.73. The molecule has 2 aliphatic rings. The number of likely N-dealkylation sites (tertiary alicyclic amines) is 1. The van der Waals surface area contributed by atoms with E-state index in [9.17, 15) is 9.18 Å². The molecular weight excluding hydrogens is 293 g/mol. The van der Waals surface area contributed by atoms with E-state index < -0.39 is 0 Å². The van der Waals surface area contributed by atoms with E-state index in [2.05, 4.69) is 4.90 Å². The summed E-state index contributed by atoms with van der Waals surface area (Å²) in [4.78, 5) is 14.5. The Morgan fingerprint density at radius 2 is 2.04 bits per heavy atom. The van der Waals surface area contributed by atoms with Crippen LogP contribution in [0.2, 0.25) is 0 Å². The number of nitrogens with two attached hydrogens (primary N) is 1. The molecule has 2 N–H and O–H groups in total. The fraction of sp³-hybridized carbons (Fsp3) is 0.500. The number of hydrogen-bond acceptors (Lipinski definition) is 3. The van der Waals surface area contributed by atoms with Crippen molar-refractivity contribution in [3.8, 4) is 0 Å². The first-order valence-electron chi connectivity index (χ1n) is 8.41. The highest BCUT2D eigenvalue weighted by molar-refractivity contribution is 5.84. The molecule has 1 saturated heterocycles.